The van der Waals surface area contributed by atoms with E-state index in [4.69, 9.17) is 20.1 Å². The number of hydrogen-bond donors (Lipinski definition) is 4. The van der Waals surface area contributed by atoms with Crippen molar-refractivity contribution in [1.82, 2.24) is 5.32 Å². The molecule has 1 rings (SSSR count). The van der Waals surface area contributed by atoms with Gasteiger partial charge in [0.2, 0.25) is 5.91 Å². The quantitative estimate of drug-likeness (QED) is 0.517. The summed E-state index contributed by atoms with van der Waals surface area (Å²) >= 11 is 0. The Bertz CT molecular complexity index is 506. The largest absolute Gasteiger partial charge is 0.494 e. The molecular formula is C14H18FNO5. The lowest BCUT2D eigenvalue weighted by molar-refractivity contribution is -0.120. The van der Waals surface area contributed by atoms with E-state index in [-0.39, 0.29) is 5.75 Å². The van der Waals surface area contributed by atoms with E-state index in [1.54, 1.807) is 6.07 Å². The SMILES string of the molecule is COc1ccc(/C=C/C(=O)NC(CO)(CO)CO)cc1F. The van der Waals surface area contributed by atoms with Crippen molar-refractivity contribution in [3.05, 3.63) is 35.7 Å². The second-order valence-corrected chi connectivity index (χ2v) is 4.47. The van der Waals surface area contributed by atoms with E-state index < -0.39 is 37.1 Å². The van der Waals surface area contributed by atoms with Crippen molar-refractivity contribution in [2.45, 2.75) is 5.54 Å². The summed E-state index contributed by atoms with van der Waals surface area (Å²) in [5.41, 5.74) is -1.06. The van der Waals surface area contributed by atoms with Crippen LogP contribution in [-0.2, 0) is 4.79 Å². The molecule has 1 aromatic rings. The molecule has 1 amide bonds. The third-order valence-electron chi connectivity index (χ3n) is 2.90. The number of halogens is 1. The smallest absolute Gasteiger partial charge is 0.244 e. The van der Waals surface area contributed by atoms with Crippen molar-refractivity contribution in [1.29, 1.82) is 0 Å². The second-order valence-electron chi connectivity index (χ2n) is 4.47. The summed E-state index contributed by atoms with van der Waals surface area (Å²) in [6, 6.07) is 4.18. The van der Waals surface area contributed by atoms with Crippen LogP contribution in [0.1, 0.15) is 5.56 Å². The molecule has 0 saturated carbocycles. The first kappa shape index (κ1) is 17.1. The van der Waals surface area contributed by atoms with Gasteiger partial charge in [0.25, 0.3) is 0 Å². The summed E-state index contributed by atoms with van der Waals surface area (Å²) in [4.78, 5) is 11.7. The summed E-state index contributed by atoms with van der Waals surface area (Å²) in [6.45, 7) is -1.84. The Kier molecular flexibility index (Phi) is 6.29. The van der Waals surface area contributed by atoms with Gasteiger partial charge in [-0.2, -0.15) is 0 Å². The van der Waals surface area contributed by atoms with Crippen LogP contribution in [0.2, 0.25) is 0 Å². The van der Waals surface area contributed by atoms with Crippen molar-refractivity contribution in [2.24, 2.45) is 0 Å². The summed E-state index contributed by atoms with van der Waals surface area (Å²) in [5.74, 6) is -1.10. The van der Waals surface area contributed by atoms with Crippen molar-refractivity contribution in [2.75, 3.05) is 26.9 Å². The van der Waals surface area contributed by atoms with Crippen LogP contribution in [0.5, 0.6) is 5.75 Å². The topological polar surface area (TPSA) is 99.0 Å². The Morgan fingerprint density at radius 3 is 2.43 bits per heavy atom. The highest BCUT2D eigenvalue weighted by Gasteiger charge is 2.29. The summed E-state index contributed by atoms with van der Waals surface area (Å²) in [7, 11) is 1.35. The lowest BCUT2D eigenvalue weighted by Gasteiger charge is -2.27. The zero-order valence-electron chi connectivity index (χ0n) is 11.5. The predicted octanol–water partition coefficient (Wildman–Crippen LogP) is -0.321. The molecule has 0 radical (unpaired) electrons. The molecule has 0 aromatic heterocycles. The van der Waals surface area contributed by atoms with Gasteiger partial charge in [-0.15, -0.1) is 0 Å². The van der Waals surface area contributed by atoms with Gasteiger partial charge in [-0.05, 0) is 23.8 Å². The van der Waals surface area contributed by atoms with E-state index in [1.807, 2.05) is 0 Å². The van der Waals surface area contributed by atoms with Gasteiger partial charge in [-0.1, -0.05) is 6.07 Å². The van der Waals surface area contributed by atoms with E-state index in [1.165, 1.54) is 25.3 Å². The molecule has 0 atom stereocenters. The molecule has 0 fully saturated rings. The molecule has 0 aliphatic heterocycles. The number of hydrogen-bond acceptors (Lipinski definition) is 5. The third kappa shape index (κ3) is 4.52. The van der Waals surface area contributed by atoms with E-state index in [0.29, 0.717) is 5.56 Å². The number of nitrogens with one attached hydrogen (secondary N) is 1. The number of aliphatic hydroxyl groups is 3. The first-order chi connectivity index (χ1) is 10.00. The standard InChI is InChI=1S/C14H18FNO5/c1-21-12-4-2-10(6-11(12)15)3-5-13(20)16-14(7-17,8-18)9-19/h2-6,17-19H,7-9H2,1H3,(H,16,20)/b5-3+. The Hall–Kier alpha value is -1.96. The lowest BCUT2D eigenvalue weighted by Crippen LogP contribution is -2.56. The number of methoxy groups -OCH3 is 1. The maximum absolute atomic E-state index is 13.5. The van der Waals surface area contributed by atoms with Crippen LogP contribution in [0.4, 0.5) is 4.39 Å². The monoisotopic (exact) mass is 299 g/mol. The fourth-order valence-electron chi connectivity index (χ4n) is 1.53. The Morgan fingerprint density at radius 1 is 1.33 bits per heavy atom. The van der Waals surface area contributed by atoms with Crippen molar-refractivity contribution >= 4 is 12.0 Å². The molecule has 7 heteroatoms. The van der Waals surface area contributed by atoms with Crippen molar-refractivity contribution in [3.8, 4) is 5.75 Å². The molecule has 116 valence electrons. The van der Waals surface area contributed by atoms with E-state index in [2.05, 4.69) is 5.32 Å². The highest BCUT2D eigenvalue weighted by atomic mass is 19.1. The Morgan fingerprint density at radius 2 is 1.95 bits per heavy atom. The number of amides is 1. The molecule has 0 saturated heterocycles. The number of rotatable bonds is 7. The van der Waals surface area contributed by atoms with Gasteiger partial charge in [-0.3, -0.25) is 4.79 Å². The van der Waals surface area contributed by atoms with Gasteiger partial charge in [0.1, 0.15) is 5.54 Å². The van der Waals surface area contributed by atoms with Crippen LogP contribution in [0.15, 0.2) is 24.3 Å². The van der Waals surface area contributed by atoms with Crippen LogP contribution in [0, 0.1) is 5.82 Å². The zero-order valence-corrected chi connectivity index (χ0v) is 11.5. The zero-order chi connectivity index (χ0) is 15.9. The molecule has 4 N–H and O–H groups in total. The molecule has 21 heavy (non-hydrogen) atoms. The number of carbonyl (C=O) groups excluding carboxylic acids is 1. The molecule has 0 heterocycles. The first-order valence-corrected chi connectivity index (χ1v) is 6.16. The summed E-state index contributed by atoms with van der Waals surface area (Å²) < 4.78 is 18.2. The molecule has 6 nitrogen and oxygen atoms in total. The van der Waals surface area contributed by atoms with E-state index >= 15 is 0 Å². The molecule has 0 aliphatic carbocycles. The predicted molar refractivity (Wildman–Crippen MR) is 74.1 cm³/mol. The van der Waals surface area contributed by atoms with Gasteiger partial charge >= 0.3 is 0 Å². The third-order valence-corrected chi connectivity index (χ3v) is 2.90. The Labute approximate surface area is 121 Å². The van der Waals surface area contributed by atoms with Gasteiger partial charge in [0.15, 0.2) is 11.6 Å². The van der Waals surface area contributed by atoms with Crippen LogP contribution in [0.3, 0.4) is 0 Å². The molecule has 0 bridgehead atoms. The van der Waals surface area contributed by atoms with Crippen molar-refractivity contribution in [3.63, 3.8) is 0 Å². The van der Waals surface area contributed by atoms with Crippen LogP contribution in [-0.4, -0.2) is 53.7 Å². The number of ether oxygens (including phenoxy) is 1. The van der Waals surface area contributed by atoms with Crippen LogP contribution < -0.4 is 10.1 Å². The van der Waals surface area contributed by atoms with Gasteiger partial charge < -0.3 is 25.4 Å². The maximum Gasteiger partial charge on any atom is 0.244 e. The lowest BCUT2D eigenvalue weighted by atomic mass is 10.0. The number of benzene rings is 1. The van der Waals surface area contributed by atoms with Crippen LogP contribution in [0.25, 0.3) is 6.08 Å². The van der Waals surface area contributed by atoms with Gasteiger partial charge in [-0.25, -0.2) is 4.39 Å². The first-order valence-electron chi connectivity index (χ1n) is 6.16. The fourth-order valence-corrected chi connectivity index (χ4v) is 1.53. The molecular weight excluding hydrogens is 281 g/mol. The normalized spacial score (nSPS) is 11.7. The molecule has 0 unspecified atom stereocenters. The molecule has 1 aromatic carbocycles. The summed E-state index contributed by atoms with van der Waals surface area (Å²) in [6.07, 6.45) is 2.46. The van der Waals surface area contributed by atoms with Crippen molar-refractivity contribution < 1.29 is 29.2 Å². The average Bonchev–Trinajstić information content (AvgIpc) is 2.51. The maximum atomic E-state index is 13.5. The number of carbonyl (C=O) groups is 1. The van der Waals surface area contributed by atoms with Gasteiger partial charge in [0, 0.05) is 6.08 Å². The van der Waals surface area contributed by atoms with E-state index in [0.717, 1.165) is 6.08 Å². The number of aliphatic hydroxyl groups excluding tert-OH is 3. The molecule has 0 spiro atoms. The van der Waals surface area contributed by atoms with Crippen LogP contribution >= 0.6 is 0 Å². The second kappa shape index (κ2) is 7.72. The van der Waals surface area contributed by atoms with E-state index in [9.17, 15) is 9.18 Å². The average molecular weight is 299 g/mol. The fraction of sp³-hybridized carbons (Fsp3) is 0.357. The highest BCUT2D eigenvalue weighted by molar-refractivity contribution is 5.92. The minimum atomic E-state index is -1.49. The molecule has 0 aliphatic rings. The minimum Gasteiger partial charge on any atom is -0.494 e. The Balaban J connectivity index is 2.76. The minimum absolute atomic E-state index is 0.0939. The summed E-state index contributed by atoms with van der Waals surface area (Å²) in [5, 5.41) is 29.5. The van der Waals surface area contributed by atoms with Gasteiger partial charge in [0.05, 0.1) is 26.9 Å². The highest BCUT2D eigenvalue weighted by Crippen LogP contribution is 2.18.